The zero-order chi connectivity index (χ0) is 15.4. The number of nitrogens with one attached hydrogen (secondary N) is 2. The maximum Gasteiger partial charge on any atom is 0.264 e. The summed E-state index contributed by atoms with van der Waals surface area (Å²) in [6.45, 7) is 3.54. The summed E-state index contributed by atoms with van der Waals surface area (Å²) in [5, 5.41) is 18.5. The van der Waals surface area contributed by atoms with Crippen molar-refractivity contribution in [2.75, 3.05) is 5.32 Å². The van der Waals surface area contributed by atoms with E-state index in [0.717, 1.165) is 11.1 Å². The van der Waals surface area contributed by atoms with E-state index in [-0.39, 0.29) is 5.56 Å². The number of aromatic nitrogens is 2. The summed E-state index contributed by atoms with van der Waals surface area (Å²) in [5.74, 6) is -0.427. The second-order valence-electron chi connectivity index (χ2n) is 4.75. The van der Waals surface area contributed by atoms with E-state index in [0.29, 0.717) is 17.8 Å². The van der Waals surface area contributed by atoms with Crippen LogP contribution in [0.1, 0.15) is 18.9 Å². The summed E-state index contributed by atoms with van der Waals surface area (Å²) in [6, 6.07) is 8.52. The lowest BCUT2D eigenvalue weighted by molar-refractivity contribution is -0.124. The quantitative estimate of drug-likeness (QED) is 0.793. The summed E-state index contributed by atoms with van der Waals surface area (Å²) in [6.07, 6.45) is -0.641. The predicted molar refractivity (Wildman–Crippen MR) is 80.0 cm³/mol. The minimum atomic E-state index is -1.01. The summed E-state index contributed by atoms with van der Waals surface area (Å²) in [5.41, 5.74) is 2.64. The summed E-state index contributed by atoms with van der Waals surface area (Å²) in [4.78, 5) is 22.7. The van der Waals surface area contributed by atoms with E-state index in [1.54, 1.807) is 31.2 Å². The van der Waals surface area contributed by atoms with Gasteiger partial charge in [-0.15, -0.1) is 0 Å². The highest BCUT2D eigenvalue weighted by Gasteiger charge is 2.12. The lowest BCUT2D eigenvalue weighted by Crippen LogP contribution is -2.26. The number of carbonyl (C=O) groups is 1. The van der Waals surface area contributed by atoms with Crippen LogP contribution in [0.15, 0.2) is 35.1 Å². The SMILES string of the molecule is CCC(O)C(=O)Nc1ccc(-c2n[nH]c(=O)cc2C)cc1. The number of amides is 1. The van der Waals surface area contributed by atoms with Gasteiger partial charge < -0.3 is 10.4 Å². The Hall–Kier alpha value is -2.47. The van der Waals surface area contributed by atoms with Crippen molar-refractivity contribution in [2.24, 2.45) is 0 Å². The number of nitrogens with zero attached hydrogens (tertiary/aromatic N) is 1. The number of carbonyl (C=O) groups excluding carboxylic acids is 1. The Labute approximate surface area is 121 Å². The molecule has 0 saturated heterocycles. The number of aromatic amines is 1. The van der Waals surface area contributed by atoms with Crippen molar-refractivity contribution >= 4 is 11.6 Å². The molecule has 21 heavy (non-hydrogen) atoms. The van der Waals surface area contributed by atoms with Crippen molar-refractivity contribution in [1.29, 1.82) is 0 Å². The van der Waals surface area contributed by atoms with Gasteiger partial charge in [-0.25, -0.2) is 5.10 Å². The smallest absolute Gasteiger partial charge is 0.264 e. The molecule has 3 N–H and O–H groups in total. The number of benzene rings is 1. The molecule has 2 aromatic rings. The van der Waals surface area contributed by atoms with Crippen molar-refractivity contribution < 1.29 is 9.90 Å². The van der Waals surface area contributed by atoms with E-state index in [2.05, 4.69) is 15.5 Å². The van der Waals surface area contributed by atoms with Gasteiger partial charge in [-0.05, 0) is 31.0 Å². The molecular formula is C15H17N3O3. The first kappa shape index (κ1) is 14.9. The van der Waals surface area contributed by atoms with Crippen LogP contribution in [0.2, 0.25) is 0 Å². The average molecular weight is 287 g/mol. The van der Waals surface area contributed by atoms with Crippen LogP contribution in [0.3, 0.4) is 0 Å². The molecule has 1 aromatic heterocycles. The van der Waals surface area contributed by atoms with Crippen molar-refractivity contribution in [3.05, 3.63) is 46.2 Å². The lowest BCUT2D eigenvalue weighted by atomic mass is 10.1. The highest BCUT2D eigenvalue weighted by molar-refractivity contribution is 5.94. The molecule has 1 heterocycles. The average Bonchev–Trinajstić information content (AvgIpc) is 2.47. The molecule has 1 unspecified atom stereocenters. The summed E-state index contributed by atoms with van der Waals surface area (Å²) in [7, 11) is 0. The molecule has 0 fully saturated rings. The monoisotopic (exact) mass is 287 g/mol. The molecule has 6 nitrogen and oxygen atoms in total. The highest BCUT2D eigenvalue weighted by atomic mass is 16.3. The van der Waals surface area contributed by atoms with Crippen LogP contribution in [0.4, 0.5) is 5.69 Å². The Kier molecular flexibility index (Phi) is 4.49. The van der Waals surface area contributed by atoms with E-state index in [1.165, 1.54) is 6.07 Å². The van der Waals surface area contributed by atoms with Crippen LogP contribution in [0, 0.1) is 6.92 Å². The zero-order valence-electron chi connectivity index (χ0n) is 11.9. The maximum atomic E-state index is 11.6. The van der Waals surface area contributed by atoms with E-state index >= 15 is 0 Å². The first-order chi connectivity index (χ1) is 10.0. The number of hydrogen-bond acceptors (Lipinski definition) is 4. The van der Waals surface area contributed by atoms with E-state index < -0.39 is 12.0 Å². The number of aliphatic hydroxyl groups excluding tert-OH is 1. The Morgan fingerprint density at radius 1 is 1.38 bits per heavy atom. The third kappa shape index (κ3) is 3.55. The van der Waals surface area contributed by atoms with Gasteiger partial charge in [0.15, 0.2) is 0 Å². The molecule has 0 aliphatic heterocycles. The van der Waals surface area contributed by atoms with Crippen LogP contribution in [0.5, 0.6) is 0 Å². The number of aryl methyl sites for hydroxylation is 1. The van der Waals surface area contributed by atoms with Gasteiger partial charge in [-0.1, -0.05) is 19.1 Å². The van der Waals surface area contributed by atoms with Gasteiger partial charge in [0, 0.05) is 17.3 Å². The molecule has 6 heteroatoms. The van der Waals surface area contributed by atoms with Gasteiger partial charge in [0.05, 0.1) is 5.69 Å². The topological polar surface area (TPSA) is 95.1 Å². The Balaban J connectivity index is 2.19. The Morgan fingerprint density at radius 2 is 2.05 bits per heavy atom. The van der Waals surface area contributed by atoms with Crippen LogP contribution >= 0.6 is 0 Å². The van der Waals surface area contributed by atoms with E-state index in [9.17, 15) is 14.7 Å². The first-order valence-corrected chi connectivity index (χ1v) is 6.67. The van der Waals surface area contributed by atoms with Crippen LogP contribution in [-0.4, -0.2) is 27.3 Å². The van der Waals surface area contributed by atoms with Crippen molar-refractivity contribution in [1.82, 2.24) is 10.2 Å². The number of aliphatic hydroxyl groups is 1. The van der Waals surface area contributed by atoms with E-state index in [4.69, 9.17) is 0 Å². The molecule has 0 radical (unpaired) electrons. The molecule has 0 saturated carbocycles. The van der Waals surface area contributed by atoms with Gasteiger partial charge in [0.2, 0.25) is 0 Å². The minimum Gasteiger partial charge on any atom is -0.383 e. The Morgan fingerprint density at radius 3 is 2.62 bits per heavy atom. The third-order valence-electron chi connectivity index (χ3n) is 3.11. The van der Waals surface area contributed by atoms with Crippen LogP contribution in [-0.2, 0) is 4.79 Å². The normalized spacial score (nSPS) is 12.0. The van der Waals surface area contributed by atoms with Crippen molar-refractivity contribution in [3.63, 3.8) is 0 Å². The van der Waals surface area contributed by atoms with Crippen molar-refractivity contribution in [2.45, 2.75) is 26.4 Å². The molecule has 0 bridgehead atoms. The lowest BCUT2D eigenvalue weighted by Gasteiger charge is -2.10. The molecule has 1 amide bonds. The molecule has 1 atom stereocenters. The standard InChI is InChI=1S/C15H17N3O3/c1-3-12(19)15(21)16-11-6-4-10(5-7-11)14-9(2)8-13(20)17-18-14/h4-8,12,19H,3H2,1-2H3,(H,16,21)(H,17,20). The van der Waals surface area contributed by atoms with Gasteiger partial charge in [-0.2, -0.15) is 5.10 Å². The molecule has 2 rings (SSSR count). The third-order valence-corrected chi connectivity index (χ3v) is 3.11. The molecule has 0 aliphatic carbocycles. The number of hydrogen-bond donors (Lipinski definition) is 3. The van der Waals surface area contributed by atoms with Gasteiger partial charge in [-0.3, -0.25) is 9.59 Å². The summed E-state index contributed by atoms with van der Waals surface area (Å²) < 4.78 is 0. The molecular weight excluding hydrogens is 270 g/mol. The van der Waals surface area contributed by atoms with E-state index in [1.807, 2.05) is 6.92 Å². The Bertz CT molecular complexity index is 692. The molecule has 110 valence electrons. The predicted octanol–water partition coefficient (Wildman–Crippen LogP) is 1.45. The fourth-order valence-corrected chi connectivity index (χ4v) is 1.91. The summed E-state index contributed by atoms with van der Waals surface area (Å²) >= 11 is 0. The van der Waals surface area contributed by atoms with Crippen molar-refractivity contribution in [3.8, 4) is 11.3 Å². The maximum absolute atomic E-state index is 11.6. The molecule has 1 aromatic carbocycles. The van der Waals surface area contributed by atoms with Crippen LogP contribution in [0.25, 0.3) is 11.3 Å². The highest BCUT2D eigenvalue weighted by Crippen LogP contribution is 2.21. The first-order valence-electron chi connectivity index (χ1n) is 6.67. The number of anilines is 1. The fourth-order valence-electron chi connectivity index (χ4n) is 1.91. The van der Waals surface area contributed by atoms with Gasteiger partial charge >= 0.3 is 0 Å². The minimum absolute atomic E-state index is 0.242. The van der Waals surface area contributed by atoms with Crippen LogP contribution < -0.4 is 10.9 Å². The second-order valence-corrected chi connectivity index (χ2v) is 4.75. The number of rotatable bonds is 4. The fraction of sp³-hybridized carbons (Fsp3) is 0.267. The largest absolute Gasteiger partial charge is 0.383 e. The molecule has 0 aliphatic rings. The number of H-pyrrole nitrogens is 1. The zero-order valence-corrected chi connectivity index (χ0v) is 11.9. The van der Waals surface area contributed by atoms with Gasteiger partial charge in [0.25, 0.3) is 11.5 Å². The molecule has 0 spiro atoms. The second kappa shape index (κ2) is 6.32. The van der Waals surface area contributed by atoms with Gasteiger partial charge in [0.1, 0.15) is 6.10 Å².